The van der Waals surface area contributed by atoms with Crippen LogP contribution < -0.4 is 0 Å². The van der Waals surface area contributed by atoms with Crippen molar-refractivity contribution in [1.29, 1.82) is 0 Å². The molecule has 0 heterocycles. The Bertz CT molecular complexity index is 586. The van der Waals surface area contributed by atoms with Crippen LogP contribution in [0.25, 0.3) is 0 Å². The number of fused-ring (bicyclic) bond motifs is 2. The van der Waals surface area contributed by atoms with Crippen molar-refractivity contribution in [2.24, 2.45) is 35.5 Å². The molecule has 0 aromatic rings. The van der Waals surface area contributed by atoms with Crippen molar-refractivity contribution in [3.63, 3.8) is 0 Å². The first kappa shape index (κ1) is 26.7. The minimum absolute atomic E-state index is 0. The second kappa shape index (κ2) is 11.3. The molecule has 4 aliphatic rings. The van der Waals surface area contributed by atoms with Crippen molar-refractivity contribution in [2.45, 2.75) is 50.9 Å². The summed E-state index contributed by atoms with van der Waals surface area (Å²) in [7, 11) is 8.55. The van der Waals surface area contributed by atoms with Gasteiger partial charge in [0.25, 0.3) is 0 Å². The van der Waals surface area contributed by atoms with E-state index in [0.717, 1.165) is 46.6 Å². The van der Waals surface area contributed by atoms with Crippen LogP contribution >= 0.6 is 17.0 Å². The van der Waals surface area contributed by atoms with Gasteiger partial charge in [0.2, 0.25) is 0 Å². The number of hydrogen-bond acceptors (Lipinski definition) is 0. The Morgan fingerprint density at radius 1 is 0.750 bits per heavy atom. The summed E-state index contributed by atoms with van der Waals surface area (Å²) in [5, 5.41) is 0. The second-order valence-electron chi connectivity index (χ2n) is 9.26. The third-order valence-corrected chi connectivity index (χ3v) is 13.3. The van der Waals surface area contributed by atoms with Crippen LogP contribution in [0.4, 0.5) is 0 Å². The third-order valence-electron chi connectivity index (χ3n) is 7.96. The first-order chi connectivity index (χ1) is 12.4. The Morgan fingerprint density at radius 3 is 1.68 bits per heavy atom. The molecule has 156 valence electrons. The van der Waals surface area contributed by atoms with Gasteiger partial charge in [0.15, 0.2) is 0 Å². The first-order valence-corrected chi connectivity index (χ1v) is 19.6. The summed E-state index contributed by atoms with van der Waals surface area (Å²) >= 11 is -0.826. The summed E-state index contributed by atoms with van der Waals surface area (Å²) in [6, 6.07) is 0. The molecule has 4 rings (SSSR count). The molecule has 0 aromatic carbocycles. The summed E-state index contributed by atoms with van der Waals surface area (Å²) in [6.45, 7) is 10.6. The van der Waals surface area contributed by atoms with Gasteiger partial charge in [0, 0.05) is 0 Å². The average molecular weight is 517 g/mol. The van der Waals surface area contributed by atoms with Crippen molar-refractivity contribution in [1.82, 2.24) is 0 Å². The number of rotatable bonds is 2. The summed E-state index contributed by atoms with van der Waals surface area (Å²) in [5.41, 5.74) is 1.95. The summed E-state index contributed by atoms with van der Waals surface area (Å²) in [6.07, 6.45) is 22.1. The Kier molecular flexibility index (Phi) is 10.8. The van der Waals surface area contributed by atoms with Crippen LogP contribution in [0.15, 0.2) is 48.6 Å². The fourth-order valence-corrected chi connectivity index (χ4v) is 13.0. The summed E-state index contributed by atoms with van der Waals surface area (Å²) in [5.74, 6) is 5.00. The van der Waals surface area contributed by atoms with Gasteiger partial charge < -0.3 is 14.9 Å². The van der Waals surface area contributed by atoms with Crippen LogP contribution in [0.5, 0.6) is 0 Å². The topological polar surface area (TPSA) is 0 Å². The van der Waals surface area contributed by atoms with E-state index in [1.807, 2.05) is 0 Å². The van der Waals surface area contributed by atoms with Crippen molar-refractivity contribution in [3.8, 4) is 0 Å². The molecule has 0 nitrogen and oxygen atoms in total. The maximum atomic E-state index is 4.93. The molecule has 0 amide bonds. The number of hydrogen-bond donors (Lipinski definition) is 0. The molecule has 0 aliphatic heterocycles. The molecule has 7 atom stereocenters. The van der Waals surface area contributed by atoms with Crippen LogP contribution in [0.1, 0.15) is 26.7 Å². The van der Waals surface area contributed by atoms with Crippen LogP contribution in [0.2, 0.25) is 24.2 Å². The maximum absolute atomic E-state index is 4.93. The monoisotopic (exact) mass is 514 g/mol. The van der Waals surface area contributed by atoms with Gasteiger partial charge in [-0.3, -0.25) is 0 Å². The predicted octanol–water partition coefficient (Wildman–Crippen LogP) is 8.51. The van der Waals surface area contributed by atoms with Crippen LogP contribution in [-0.4, -0.2) is 8.07 Å². The zero-order chi connectivity index (χ0) is 18.9. The van der Waals surface area contributed by atoms with Gasteiger partial charge in [0.05, 0.1) is 8.07 Å². The van der Waals surface area contributed by atoms with Crippen LogP contribution in [0.3, 0.4) is 0 Å². The zero-order valence-electron chi connectivity index (χ0n) is 18.4. The SMILES string of the molecule is CC1C2C=CC=CC2C(C)C1[Si](C)(C)C1CCC2C=CC=CC21.[CH3-].[CH3-].[Cl][Zr+2][Cl]. The Labute approximate surface area is 194 Å². The Morgan fingerprint density at radius 2 is 1.18 bits per heavy atom. The fraction of sp³-hybridized carbons (Fsp3) is 0.583. The van der Waals surface area contributed by atoms with Crippen molar-refractivity contribution < 1.29 is 20.8 Å². The van der Waals surface area contributed by atoms with Gasteiger partial charge in [-0.2, -0.15) is 0 Å². The number of halogens is 2. The molecule has 0 spiro atoms. The molecule has 0 aromatic heterocycles. The molecule has 0 saturated heterocycles. The van der Waals surface area contributed by atoms with E-state index in [-0.39, 0.29) is 14.9 Å². The molecule has 2 saturated carbocycles. The van der Waals surface area contributed by atoms with Crippen molar-refractivity contribution >= 4 is 25.1 Å². The van der Waals surface area contributed by atoms with Crippen molar-refractivity contribution in [2.75, 3.05) is 0 Å². The summed E-state index contributed by atoms with van der Waals surface area (Å²) < 4.78 is 0. The minimum atomic E-state index is -1.31. The summed E-state index contributed by atoms with van der Waals surface area (Å²) in [4.78, 5) is 0. The second-order valence-corrected chi connectivity index (χ2v) is 18.0. The molecule has 4 aliphatic carbocycles. The van der Waals surface area contributed by atoms with E-state index in [1.165, 1.54) is 12.8 Å². The molecule has 7 unspecified atom stereocenters. The predicted molar refractivity (Wildman–Crippen MR) is 128 cm³/mol. The van der Waals surface area contributed by atoms with E-state index in [0.29, 0.717) is 0 Å². The fourth-order valence-electron chi connectivity index (χ4n) is 7.08. The van der Waals surface area contributed by atoms with E-state index in [2.05, 4.69) is 75.5 Å². The molecule has 28 heavy (non-hydrogen) atoms. The normalized spacial score (nSPS) is 39.6. The van der Waals surface area contributed by atoms with Crippen LogP contribution in [-0.2, 0) is 20.8 Å². The quantitative estimate of drug-likeness (QED) is 0.255. The van der Waals surface area contributed by atoms with Gasteiger partial charge in [-0.1, -0.05) is 82.0 Å². The Balaban J connectivity index is 0.000000739. The van der Waals surface area contributed by atoms with E-state index in [9.17, 15) is 0 Å². The molecule has 0 bridgehead atoms. The van der Waals surface area contributed by atoms with Gasteiger partial charge in [-0.25, -0.2) is 0 Å². The van der Waals surface area contributed by atoms with E-state index in [1.54, 1.807) is 0 Å². The number of allylic oxidation sites excluding steroid dienone is 8. The Hall–Kier alpha value is 0.640. The molecule has 0 radical (unpaired) electrons. The van der Waals surface area contributed by atoms with Crippen molar-refractivity contribution in [3.05, 3.63) is 63.5 Å². The molecule has 2 fully saturated rings. The molecule has 0 N–H and O–H groups in total. The van der Waals surface area contributed by atoms with Gasteiger partial charge in [0.1, 0.15) is 0 Å². The van der Waals surface area contributed by atoms with Crippen LogP contribution in [0, 0.1) is 50.4 Å². The van der Waals surface area contributed by atoms with E-state index >= 15 is 0 Å². The zero-order valence-corrected chi connectivity index (χ0v) is 23.4. The average Bonchev–Trinajstić information content (AvgIpc) is 3.17. The molecular formula is C24H38Cl2SiZr. The molecule has 4 heteroatoms. The van der Waals surface area contributed by atoms with E-state index in [4.69, 9.17) is 17.0 Å². The van der Waals surface area contributed by atoms with Gasteiger partial charge >= 0.3 is 37.9 Å². The first-order valence-electron chi connectivity index (χ1n) is 10.1. The molecular weight excluding hydrogens is 478 g/mol. The standard InChI is InChI=1S/C22H32Si.2CH3.2ClH.Zr/c1-15-18-10-7-8-11-19(18)16(2)22(15)23(3,4)21-14-13-17-9-5-6-12-20(17)21;;;;;/h5-12,15-22H,13-14H2,1-4H3;2*1H3;2*1H;/q;2*-1;;;+4/p-2. The van der Waals surface area contributed by atoms with E-state index < -0.39 is 28.9 Å². The van der Waals surface area contributed by atoms with Gasteiger partial charge in [-0.15, -0.1) is 0 Å². The third kappa shape index (κ3) is 4.92. The van der Waals surface area contributed by atoms with Gasteiger partial charge in [-0.05, 0) is 53.0 Å².